The summed E-state index contributed by atoms with van der Waals surface area (Å²) >= 11 is 0. The first kappa shape index (κ1) is 21.4. The molecule has 1 saturated carbocycles. The number of aliphatic hydroxyl groups excluding tert-OH is 2. The van der Waals surface area contributed by atoms with E-state index >= 15 is 0 Å². The van der Waals surface area contributed by atoms with E-state index in [9.17, 15) is 40.6 Å². The molecule has 0 aliphatic heterocycles. The average molecular weight is 428 g/mol. The lowest BCUT2D eigenvalue weighted by atomic mass is 9.68. The molecule has 1 aromatic rings. The molecule has 158 valence electrons. The van der Waals surface area contributed by atoms with Gasteiger partial charge < -0.3 is 10.2 Å². The minimum Gasteiger partial charge on any atom is -0.392 e. The Bertz CT molecular complexity index is 892. The molecule has 1 aromatic carbocycles. The quantitative estimate of drug-likeness (QED) is 0.702. The van der Waals surface area contributed by atoms with E-state index in [2.05, 4.69) is 0 Å². The van der Waals surface area contributed by atoms with Crippen LogP contribution in [-0.4, -0.2) is 36.2 Å². The van der Waals surface area contributed by atoms with E-state index in [1.54, 1.807) is 0 Å². The first-order chi connectivity index (χ1) is 12.6. The third-order valence-electron chi connectivity index (χ3n) is 5.79. The Kier molecular flexibility index (Phi) is 4.88. The van der Waals surface area contributed by atoms with Crippen molar-refractivity contribution in [1.82, 2.24) is 0 Å². The number of fused-ring (bicyclic) bond motifs is 1. The lowest BCUT2D eigenvalue weighted by molar-refractivity contribution is -0.0978. The van der Waals surface area contributed by atoms with Crippen LogP contribution in [0.5, 0.6) is 0 Å². The van der Waals surface area contributed by atoms with Gasteiger partial charge in [0.25, 0.3) is 15.8 Å². The molecule has 0 spiro atoms. The summed E-state index contributed by atoms with van der Waals surface area (Å²) in [5.41, 5.74) is -6.97. The molecule has 2 aliphatic carbocycles. The van der Waals surface area contributed by atoms with Gasteiger partial charge in [-0.05, 0) is 41.9 Å². The lowest BCUT2D eigenvalue weighted by Crippen LogP contribution is -2.32. The number of sulfone groups is 1. The average Bonchev–Trinajstić information content (AvgIpc) is 2.78. The highest BCUT2D eigenvalue weighted by molar-refractivity contribution is 7.92. The van der Waals surface area contributed by atoms with Gasteiger partial charge in [-0.2, -0.15) is 13.2 Å². The lowest BCUT2D eigenvalue weighted by Gasteiger charge is -2.39. The van der Waals surface area contributed by atoms with Gasteiger partial charge in [-0.3, -0.25) is 0 Å². The van der Waals surface area contributed by atoms with Gasteiger partial charge in [0, 0.05) is 17.9 Å². The fourth-order valence-electron chi connectivity index (χ4n) is 4.30. The molecule has 0 aromatic heterocycles. The summed E-state index contributed by atoms with van der Waals surface area (Å²) in [5.74, 6) is -4.44. The monoisotopic (exact) mass is 428 g/mol. The van der Waals surface area contributed by atoms with Crippen molar-refractivity contribution >= 4 is 9.84 Å². The summed E-state index contributed by atoms with van der Waals surface area (Å²) in [6.45, 7) is 3.86. The molecule has 0 saturated heterocycles. The van der Waals surface area contributed by atoms with Crippen molar-refractivity contribution in [2.45, 2.75) is 74.0 Å². The topological polar surface area (TPSA) is 74.6 Å². The fourth-order valence-corrected chi connectivity index (χ4v) is 5.32. The van der Waals surface area contributed by atoms with E-state index in [0.29, 0.717) is 25.3 Å². The standard InChI is InChI=1S/C18H21F5O4S/c1-16(2)6-5-12(24)10(7-16)9-3-4-13(28(26,27)18(21,22)23)14-11(9)8-17(19,20)15(14)25/h3-4,10,12,15,24-25H,5-8H2,1-2H3/t10-,12?,15+/m1/s1. The molecule has 3 rings (SSSR count). The van der Waals surface area contributed by atoms with Crippen LogP contribution in [0.4, 0.5) is 22.0 Å². The first-order valence-corrected chi connectivity index (χ1v) is 10.3. The van der Waals surface area contributed by atoms with Crippen molar-refractivity contribution in [2.75, 3.05) is 0 Å². The number of aliphatic hydroxyl groups is 2. The van der Waals surface area contributed by atoms with Crippen molar-refractivity contribution in [1.29, 1.82) is 0 Å². The fraction of sp³-hybridized carbons (Fsp3) is 0.667. The second kappa shape index (κ2) is 6.37. The summed E-state index contributed by atoms with van der Waals surface area (Å²) in [6.07, 6.45) is -3.17. The molecule has 2 N–H and O–H groups in total. The van der Waals surface area contributed by atoms with Crippen LogP contribution in [0.2, 0.25) is 0 Å². The van der Waals surface area contributed by atoms with Gasteiger partial charge in [0.05, 0.1) is 11.0 Å². The van der Waals surface area contributed by atoms with Crippen LogP contribution < -0.4 is 0 Å². The summed E-state index contributed by atoms with van der Waals surface area (Å²) in [4.78, 5) is -1.35. The Balaban J connectivity index is 2.23. The van der Waals surface area contributed by atoms with Gasteiger partial charge >= 0.3 is 5.51 Å². The molecule has 4 nitrogen and oxygen atoms in total. The van der Waals surface area contributed by atoms with E-state index in [4.69, 9.17) is 0 Å². The number of hydrogen-bond acceptors (Lipinski definition) is 4. The Morgan fingerprint density at radius 2 is 1.75 bits per heavy atom. The third-order valence-corrected chi connectivity index (χ3v) is 7.33. The number of rotatable bonds is 2. The molecule has 1 unspecified atom stereocenters. The summed E-state index contributed by atoms with van der Waals surface area (Å²) in [5, 5.41) is 20.4. The third kappa shape index (κ3) is 3.33. The minimum atomic E-state index is -5.92. The van der Waals surface area contributed by atoms with Crippen LogP contribution in [0.3, 0.4) is 0 Å². The van der Waals surface area contributed by atoms with Gasteiger partial charge in [0.1, 0.15) is 6.10 Å². The Morgan fingerprint density at radius 1 is 1.14 bits per heavy atom. The SMILES string of the molecule is CC1(C)CCC(O)[C@@H](c2ccc(S(=O)(=O)C(F)(F)F)c3c2CC(F)(F)[C@H]3O)C1. The molecule has 0 bridgehead atoms. The molecule has 0 heterocycles. The van der Waals surface area contributed by atoms with E-state index in [-0.39, 0.29) is 16.5 Å². The smallest absolute Gasteiger partial charge is 0.392 e. The molecule has 10 heteroatoms. The van der Waals surface area contributed by atoms with E-state index in [0.717, 1.165) is 6.07 Å². The Morgan fingerprint density at radius 3 is 2.32 bits per heavy atom. The van der Waals surface area contributed by atoms with Crippen LogP contribution in [0.1, 0.15) is 61.8 Å². The number of benzene rings is 1. The van der Waals surface area contributed by atoms with Crippen LogP contribution in [-0.2, 0) is 16.3 Å². The predicted octanol–water partition coefficient (Wildman–Crippen LogP) is 3.86. The largest absolute Gasteiger partial charge is 0.501 e. The van der Waals surface area contributed by atoms with Gasteiger partial charge in [0.2, 0.25) is 0 Å². The van der Waals surface area contributed by atoms with E-state index in [1.165, 1.54) is 0 Å². The second-order valence-corrected chi connectivity index (χ2v) is 10.3. The molecule has 0 amide bonds. The molecular weight excluding hydrogens is 407 g/mol. The van der Waals surface area contributed by atoms with Gasteiger partial charge in [-0.15, -0.1) is 0 Å². The zero-order valence-electron chi connectivity index (χ0n) is 15.2. The molecule has 2 aliphatic rings. The Labute approximate surface area is 159 Å². The maximum absolute atomic E-state index is 14.2. The predicted molar refractivity (Wildman–Crippen MR) is 89.7 cm³/mol. The van der Waals surface area contributed by atoms with Gasteiger partial charge in [-0.1, -0.05) is 19.9 Å². The maximum atomic E-state index is 14.2. The number of halogens is 5. The minimum absolute atomic E-state index is 0.174. The van der Waals surface area contributed by atoms with Gasteiger partial charge in [0.15, 0.2) is 0 Å². The van der Waals surface area contributed by atoms with Crippen molar-refractivity contribution in [3.05, 3.63) is 28.8 Å². The zero-order valence-corrected chi connectivity index (χ0v) is 16.0. The molecule has 28 heavy (non-hydrogen) atoms. The van der Waals surface area contributed by atoms with E-state index < -0.39 is 56.3 Å². The summed E-state index contributed by atoms with van der Waals surface area (Å²) in [7, 11) is -5.92. The van der Waals surface area contributed by atoms with Crippen molar-refractivity contribution in [3.63, 3.8) is 0 Å². The van der Waals surface area contributed by atoms with E-state index in [1.807, 2.05) is 13.8 Å². The van der Waals surface area contributed by atoms with Crippen molar-refractivity contribution < 1.29 is 40.6 Å². The molecule has 0 radical (unpaired) electrons. The normalized spacial score (nSPS) is 29.5. The maximum Gasteiger partial charge on any atom is 0.501 e. The first-order valence-electron chi connectivity index (χ1n) is 8.79. The summed E-state index contributed by atoms with van der Waals surface area (Å²) < 4.78 is 91.3. The highest BCUT2D eigenvalue weighted by atomic mass is 32.2. The second-order valence-electron chi connectivity index (χ2n) is 8.42. The molecule has 3 atom stereocenters. The Hall–Kier alpha value is -1.26. The van der Waals surface area contributed by atoms with Crippen LogP contribution in [0, 0.1) is 5.41 Å². The van der Waals surface area contributed by atoms with Crippen LogP contribution in [0.15, 0.2) is 17.0 Å². The highest BCUT2D eigenvalue weighted by Crippen LogP contribution is 2.52. The van der Waals surface area contributed by atoms with Crippen LogP contribution in [0.25, 0.3) is 0 Å². The van der Waals surface area contributed by atoms with Gasteiger partial charge in [-0.25, -0.2) is 17.2 Å². The molecule has 1 fully saturated rings. The molecular formula is C18H21F5O4S. The van der Waals surface area contributed by atoms with Crippen molar-refractivity contribution in [3.8, 4) is 0 Å². The van der Waals surface area contributed by atoms with Crippen LogP contribution >= 0.6 is 0 Å². The summed E-state index contributed by atoms with van der Waals surface area (Å²) in [6, 6.07) is 1.69. The highest BCUT2D eigenvalue weighted by Gasteiger charge is 2.55. The zero-order chi connectivity index (χ0) is 21.3. The van der Waals surface area contributed by atoms with Crippen molar-refractivity contribution in [2.24, 2.45) is 5.41 Å². The number of alkyl halides is 5. The number of hydrogen-bond donors (Lipinski definition) is 2.